The van der Waals surface area contributed by atoms with Gasteiger partial charge in [-0.05, 0) is 24.1 Å². The average Bonchev–Trinajstić information content (AvgIpc) is 3.04. The van der Waals surface area contributed by atoms with Crippen molar-refractivity contribution < 1.29 is 19.0 Å². The predicted octanol–water partition coefficient (Wildman–Crippen LogP) is 1.68. The molecule has 3 rings (SSSR count). The van der Waals surface area contributed by atoms with Crippen molar-refractivity contribution in [2.24, 2.45) is 0 Å². The van der Waals surface area contributed by atoms with Gasteiger partial charge in [0.25, 0.3) is 0 Å². The van der Waals surface area contributed by atoms with Gasteiger partial charge in [0.15, 0.2) is 11.5 Å². The summed E-state index contributed by atoms with van der Waals surface area (Å²) in [7, 11) is 1.35. The van der Waals surface area contributed by atoms with Crippen LogP contribution in [-0.2, 0) is 22.5 Å². The molecule has 3 aromatic rings. The Hall–Kier alpha value is -3.56. The van der Waals surface area contributed by atoms with Crippen LogP contribution in [0.2, 0.25) is 0 Å². The molecule has 3 N–H and O–H groups in total. The molecule has 0 atom stereocenters. The highest BCUT2D eigenvalue weighted by atomic mass is 16.5. The summed E-state index contributed by atoms with van der Waals surface area (Å²) in [4.78, 5) is 34.9. The van der Waals surface area contributed by atoms with Crippen LogP contribution >= 0.6 is 0 Å². The third-order valence-electron chi connectivity index (χ3n) is 4.42. The van der Waals surface area contributed by atoms with Crippen molar-refractivity contribution in [2.75, 3.05) is 26.1 Å². The molecular weight excluding hydrogens is 390 g/mol. The van der Waals surface area contributed by atoms with Crippen molar-refractivity contribution >= 4 is 23.0 Å². The molecule has 2 heterocycles. The number of carbonyl (C=O) groups excluding carboxylic acids is 1. The molecule has 0 radical (unpaired) electrons. The molecule has 0 fully saturated rings. The topological polar surface area (TPSA) is 134 Å². The first kappa shape index (κ1) is 21.2. The van der Waals surface area contributed by atoms with Crippen LogP contribution in [0.5, 0.6) is 11.8 Å². The van der Waals surface area contributed by atoms with Gasteiger partial charge in [-0.1, -0.05) is 25.5 Å². The number of hydrogen-bond acceptors (Lipinski definition) is 8. The minimum Gasteiger partial charge on any atom is -0.492 e. The summed E-state index contributed by atoms with van der Waals surface area (Å²) < 4.78 is 17.4. The molecule has 0 saturated heterocycles. The number of nitrogens with zero attached hydrogens (tertiary/aromatic N) is 3. The van der Waals surface area contributed by atoms with E-state index in [1.165, 1.54) is 11.7 Å². The number of aromatic nitrogens is 4. The van der Waals surface area contributed by atoms with Crippen LogP contribution in [0.15, 0.2) is 29.1 Å². The van der Waals surface area contributed by atoms with Gasteiger partial charge in [-0.2, -0.15) is 9.97 Å². The summed E-state index contributed by atoms with van der Waals surface area (Å²) in [6.07, 6.45) is 2.00. The number of ether oxygens (including phenoxy) is 3. The van der Waals surface area contributed by atoms with Gasteiger partial charge in [0, 0.05) is 0 Å². The number of carbonyl (C=O) groups is 1. The van der Waals surface area contributed by atoms with E-state index in [4.69, 9.17) is 15.2 Å². The first-order valence-electron chi connectivity index (χ1n) is 9.69. The van der Waals surface area contributed by atoms with Gasteiger partial charge < -0.3 is 24.9 Å². The van der Waals surface area contributed by atoms with E-state index in [1.807, 2.05) is 6.07 Å². The second-order valence-corrected chi connectivity index (χ2v) is 6.62. The number of rotatable bonds is 10. The standard InChI is InChI=1S/C20H25N5O5/c1-3-4-9-30-19-23-17(21)16-18(24-19)25(20(27)22-16)8-10-29-14-7-5-6-13(11-14)12-15(26)28-2/h5-7,11H,3-4,8-10,12H2,1-2H3,(H,22,27)(H2,21,23,24). The fourth-order valence-electron chi connectivity index (χ4n) is 2.85. The van der Waals surface area contributed by atoms with E-state index in [-0.39, 0.29) is 43.1 Å². The number of esters is 1. The number of anilines is 1. The summed E-state index contributed by atoms with van der Waals surface area (Å²) in [5, 5.41) is 0. The van der Waals surface area contributed by atoms with Gasteiger partial charge >= 0.3 is 17.7 Å². The number of hydrogen-bond donors (Lipinski definition) is 2. The monoisotopic (exact) mass is 415 g/mol. The summed E-state index contributed by atoms with van der Waals surface area (Å²) in [5.74, 6) is 0.410. The maximum atomic E-state index is 12.3. The van der Waals surface area contributed by atoms with E-state index in [9.17, 15) is 9.59 Å². The maximum absolute atomic E-state index is 12.3. The molecule has 0 spiro atoms. The van der Waals surface area contributed by atoms with Gasteiger partial charge in [0.05, 0.1) is 26.7 Å². The second kappa shape index (κ2) is 9.77. The Morgan fingerprint density at radius 3 is 2.83 bits per heavy atom. The minimum absolute atomic E-state index is 0.137. The summed E-state index contributed by atoms with van der Waals surface area (Å²) in [5.41, 5.74) is 7.09. The smallest absolute Gasteiger partial charge is 0.327 e. The molecule has 10 heteroatoms. The van der Waals surface area contributed by atoms with Crippen molar-refractivity contribution in [2.45, 2.75) is 32.7 Å². The highest BCUT2D eigenvalue weighted by Crippen LogP contribution is 2.18. The minimum atomic E-state index is -0.361. The van der Waals surface area contributed by atoms with Crippen LogP contribution in [0.25, 0.3) is 11.2 Å². The normalized spacial score (nSPS) is 10.9. The van der Waals surface area contributed by atoms with Crippen LogP contribution in [0, 0.1) is 0 Å². The number of unbranched alkanes of at least 4 members (excludes halogenated alkanes) is 1. The van der Waals surface area contributed by atoms with E-state index < -0.39 is 0 Å². The van der Waals surface area contributed by atoms with Crippen molar-refractivity contribution in [3.05, 3.63) is 40.3 Å². The van der Waals surface area contributed by atoms with E-state index in [2.05, 4.69) is 26.6 Å². The lowest BCUT2D eigenvalue weighted by atomic mass is 10.1. The van der Waals surface area contributed by atoms with Crippen LogP contribution in [0.3, 0.4) is 0 Å². The zero-order valence-corrected chi connectivity index (χ0v) is 17.0. The summed E-state index contributed by atoms with van der Waals surface area (Å²) in [6.45, 7) is 2.98. The summed E-state index contributed by atoms with van der Waals surface area (Å²) >= 11 is 0. The number of imidazole rings is 1. The third-order valence-corrected chi connectivity index (χ3v) is 4.42. The van der Waals surface area contributed by atoms with Gasteiger partial charge in [0.1, 0.15) is 17.9 Å². The molecule has 2 aromatic heterocycles. The molecule has 0 unspecified atom stereocenters. The van der Waals surface area contributed by atoms with Gasteiger partial charge in [-0.25, -0.2) is 4.79 Å². The number of nitrogen functional groups attached to an aromatic ring is 1. The molecule has 30 heavy (non-hydrogen) atoms. The largest absolute Gasteiger partial charge is 0.492 e. The van der Waals surface area contributed by atoms with Crippen molar-refractivity contribution in [1.29, 1.82) is 0 Å². The Kier molecular flexibility index (Phi) is 6.89. The molecule has 0 bridgehead atoms. The van der Waals surface area contributed by atoms with E-state index >= 15 is 0 Å². The SMILES string of the molecule is CCCCOc1nc(N)c2[nH]c(=O)n(CCOc3cccc(CC(=O)OC)c3)c2n1. The maximum Gasteiger partial charge on any atom is 0.327 e. The van der Waals surface area contributed by atoms with Crippen molar-refractivity contribution in [3.8, 4) is 11.8 Å². The van der Waals surface area contributed by atoms with Crippen LogP contribution in [-0.4, -0.2) is 45.8 Å². The molecule has 0 aliphatic carbocycles. The zero-order valence-electron chi connectivity index (χ0n) is 17.0. The van der Waals surface area contributed by atoms with Crippen molar-refractivity contribution in [1.82, 2.24) is 19.5 Å². The first-order valence-corrected chi connectivity index (χ1v) is 9.69. The average molecular weight is 415 g/mol. The van der Waals surface area contributed by atoms with Crippen LogP contribution in [0.4, 0.5) is 5.82 Å². The molecular formula is C20H25N5O5. The Morgan fingerprint density at radius 2 is 2.07 bits per heavy atom. The van der Waals surface area contributed by atoms with E-state index in [0.717, 1.165) is 18.4 Å². The highest BCUT2D eigenvalue weighted by molar-refractivity contribution is 5.81. The number of nitrogens with one attached hydrogen (secondary N) is 1. The van der Waals surface area contributed by atoms with Gasteiger partial charge in [-0.15, -0.1) is 0 Å². The molecule has 0 aliphatic heterocycles. The number of H-pyrrole nitrogens is 1. The van der Waals surface area contributed by atoms with Gasteiger partial charge in [0.2, 0.25) is 0 Å². The quantitative estimate of drug-likeness (QED) is 0.377. The summed E-state index contributed by atoms with van der Waals surface area (Å²) in [6, 6.07) is 7.28. The lowest BCUT2D eigenvalue weighted by molar-refractivity contribution is -0.139. The lowest BCUT2D eigenvalue weighted by Gasteiger charge is -2.09. The lowest BCUT2D eigenvalue weighted by Crippen LogP contribution is -2.21. The van der Waals surface area contributed by atoms with E-state index in [1.54, 1.807) is 18.2 Å². The zero-order chi connectivity index (χ0) is 21.5. The van der Waals surface area contributed by atoms with Crippen LogP contribution < -0.4 is 20.9 Å². The Balaban J connectivity index is 1.71. The Morgan fingerprint density at radius 1 is 1.23 bits per heavy atom. The first-order chi connectivity index (χ1) is 14.5. The fourth-order valence-corrected chi connectivity index (χ4v) is 2.85. The fraction of sp³-hybridized carbons (Fsp3) is 0.400. The van der Waals surface area contributed by atoms with E-state index in [0.29, 0.717) is 23.5 Å². The molecule has 0 saturated carbocycles. The molecule has 0 aliphatic rings. The second-order valence-electron chi connectivity index (χ2n) is 6.62. The molecule has 10 nitrogen and oxygen atoms in total. The number of fused-ring (bicyclic) bond motifs is 1. The number of benzene rings is 1. The third kappa shape index (κ3) is 5.07. The van der Waals surface area contributed by atoms with Crippen LogP contribution in [0.1, 0.15) is 25.3 Å². The Bertz CT molecular complexity index is 1080. The Labute approximate surface area is 173 Å². The highest BCUT2D eigenvalue weighted by Gasteiger charge is 2.14. The molecule has 0 amide bonds. The van der Waals surface area contributed by atoms with Crippen molar-refractivity contribution in [3.63, 3.8) is 0 Å². The molecule has 160 valence electrons. The number of aromatic amines is 1. The van der Waals surface area contributed by atoms with Gasteiger partial charge in [-0.3, -0.25) is 9.36 Å². The number of nitrogens with two attached hydrogens (primary N) is 1. The molecule has 1 aromatic carbocycles. The number of methoxy groups -OCH3 is 1. The predicted molar refractivity (Wildman–Crippen MR) is 111 cm³/mol.